The number of quaternary nitrogens is 1. The number of alkyl halides is 6. The summed E-state index contributed by atoms with van der Waals surface area (Å²) in [6, 6.07) is 8.98. The molecule has 226 valence electrons. The molecule has 1 saturated heterocycles. The van der Waals surface area contributed by atoms with Crippen molar-refractivity contribution in [3.05, 3.63) is 70.9 Å². The number of fused-ring (bicyclic) bond motifs is 2. The number of benzene rings is 2. The molecular weight excluding hydrogens is 562 g/mol. The van der Waals surface area contributed by atoms with Gasteiger partial charge in [0.2, 0.25) is 0 Å². The predicted octanol–water partition coefficient (Wildman–Crippen LogP) is 6.39. The molecule has 0 bridgehead atoms. The molecule has 12 heteroatoms. The molecule has 5 rings (SSSR count). The fraction of sp³-hybridized carbons (Fsp3) is 0.433. The molecule has 0 saturated carbocycles. The molecule has 1 unspecified atom stereocenters. The minimum absolute atomic E-state index is 0.0846. The van der Waals surface area contributed by atoms with Gasteiger partial charge in [-0.1, -0.05) is 42.8 Å². The lowest BCUT2D eigenvalue weighted by atomic mass is 9.80. The monoisotopic (exact) mass is 595 g/mol. The summed E-state index contributed by atoms with van der Waals surface area (Å²) in [6.07, 6.45) is -9.97. The van der Waals surface area contributed by atoms with Crippen molar-refractivity contribution in [2.75, 3.05) is 45.2 Å². The van der Waals surface area contributed by atoms with Gasteiger partial charge in [0.1, 0.15) is 19.3 Å². The smallest absolute Gasteiger partial charge is 0.373 e. The van der Waals surface area contributed by atoms with Crippen molar-refractivity contribution < 1.29 is 36.3 Å². The van der Waals surface area contributed by atoms with Crippen LogP contribution < -0.4 is 14.4 Å². The second kappa shape index (κ2) is 10.1. The average molecular weight is 596 g/mol. The highest BCUT2D eigenvalue weighted by Gasteiger charge is 2.53. The highest BCUT2D eigenvalue weighted by molar-refractivity contribution is 5.90. The van der Waals surface area contributed by atoms with Crippen LogP contribution in [0.4, 0.5) is 37.8 Å². The van der Waals surface area contributed by atoms with Crippen LogP contribution in [0.25, 0.3) is 11.1 Å². The molecule has 2 aliphatic rings. The Bertz CT molecular complexity index is 1460. The number of pyridine rings is 1. The number of anilines is 1. The molecule has 1 fully saturated rings. The van der Waals surface area contributed by atoms with Crippen LogP contribution in [0.15, 0.2) is 48.7 Å². The summed E-state index contributed by atoms with van der Waals surface area (Å²) in [5, 5.41) is 11.6. The SMILES string of the molecule is Cc1ccccc1-c1c(N(C)C(O)C(C)(C)c2cc(C(F)(F)F)cc(C(F)(F)F)c2)cnc2c1O[N+]21CCN(C)CC1. The maximum absolute atomic E-state index is 13.6. The van der Waals surface area contributed by atoms with Crippen molar-refractivity contribution in [2.24, 2.45) is 0 Å². The molecule has 6 nitrogen and oxygen atoms in total. The van der Waals surface area contributed by atoms with Crippen molar-refractivity contribution in [1.82, 2.24) is 14.5 Å². The highest BCUT2D eigenvalue weighted by atomic mass is 19.4. The van der Waals surface area contributed by atoms with Gasteiger partial charge in [-0.25, -0.2) is 0 Å². The Morgan fingerprint density at radius 1 is 0.952 bits per heavy atom. The van der Waals surface area contributed by atoms with Crippen molar-refractivity contribution in [1.29, 1.82) is 0 Å². The normalized spacial score (nSPS) is 17.8. The minimum atomic E-state index is -5.01. The number of hydroxylamine groups is 2. The molecule has 0 aliphatic carbocycles. The highest BCUT2D eigenvalue weighted by Crippen LogP contribution is 2.54. The number of likely N-dealkylation sites (N-methyl/N-ethyl adjacent to an activating group) is 2. The minimum Gasteiger partial charge on any atom is -0.373 e. The first kappa shape index (κ1) is 30.1. The van der Waals surface area contributed by atoms with Gasteiger partial charge < -0.3 is 10.0 Å². The topological polar surface area (TPSA) is 48.8 Å². The molecule has 1 atom stereocenters. The van der Waals surface area contributed by atoms with Gasteiger partial charge in [0.25, 0.3) is 5.75 Å². The van der Waals surface area contributed by atoms with Gasteiger partial charge in [-0.3, -0.25) is 9.74 Å². The summed E-state index contributed by atoms with van der Waals surface area (Å²) >= 11 is 0. The first-order chi connectivity index (χ1) is 19.5. The fourth-order valence-electron chi connectivity index (χ4n) is 5.69. The number of aryl methyl sites for hydroxylation is 1. The van der Waals surface area contributed by atoms with E-state index < -0.39 is 35.1 Å². The standard InChI is InChI=1S/C30H33F6N4O2/c1-18-8-6-7-9-22(18)24-23(17-37-26-25(24)42-40(26)12-10-38(4)11-13-40)39(5)27(41)28(2,3)19-14-20(29(31,32)33)16-21(15-19)30(34,35)36/h6-9,14-17,27,41H,10-13H2,1-5H3/q+1. The van der Waals surface area contributed by atoms with Gasteiger partial charge in [0.15, 0.2) is 0 Å². The summed E-state index contributed by atoms with van der Waals surface area (Å²) in [6.45, 7) is 7.77. The second-order valence-electron chi connectivity index (χ2n) is 11.7. The summed E-state index contributed by atoms with van der Waals surface area (Å²) in [4.78, 5) is 14.8. The third kappa shape index (κ3) is 5.09. The van der Waals surface area contributed by atoms with Gasteiger partial charge in [-0.05, 0) is 48.9 Å². The predicted molar refractivity (Wildman–Crippen MR) is 148 cm³/mol. The maximum atomic E-state index is 13.6. The number of aliphatic hydroxyl groups excluding tert-OH is 1. The van der Waals surface area contributed by atoms with Crippen LogP contribution in [0.2, 0.25) is 0 Å². The van der Waals surface area contributed by atoms with E-state index >= 15 is 0 Å². The Labute approximate surface area is 240 Å². The fourth-order valence-corrected chi connectivity index (χ4v) is 5.69. The molecule has 3 aromatic rings. The third-order valence-corrected chi connectivity index (χ3v) is 8.47. The van der Waals surface area contributed by atoms with Gasteiger partial charge in [0, 0.05) is 12.5 Å². The van der Waals surface area contributed by atoms with E-state index in [1.165, 1.54) is 25.8 Å². The summed E-state index contributed by atoms with van der Waals surface area (Å²) in [7, 11) is 3.57. The second-order valence-corrected chi connectivity index (χ2v) is 11.7. The maximum Gasteiger partial charge on any atom is 0.416 e. The number of piperazine rings is 1. The zero-order valence-electron chi connectivity index (χ0n) is 23.9. The van der Waals surface area contributed by atoms with Crippen LogP contribution in [-0.4, -0.2) is 61.5 Å². The molecular formula is C30H33F6N4O2+. The Hall–Kier alpha value is -3.35. The Morgan fingerprint density at radius 2 is 1.50 bits per heavy atom. The zero-order chi connectivity index (χ0) is 30.8. The largest absolute Gasteiger partial charge is 0.416 e. The number of aliphatic hydroxyl groups is 1. The van der Waals surface area contributed by atoms with Gasteiger partial charge in [-0.2, -0.15) is 31.3 Å². The molecule has 2 aromatic carbocycles. The quantitative estimate of drug-likeness (QED) is 0.211. The summed E-state index contributed by atoms with van der Waals surface area (Å²) in [5.74, 6) is 1.29. The van der Waals surface area contributed by atoms with Crippen LogP contribution in [0.5, 0.6) is 5.75 Å². The molecule has 1 N–H and O–H groups in total. The Morgan fingerprint density at radius 3 is 2.05 bits per heavy atom. The number of aromatic nitrogens is 1. The summed E-state index contributed by atoms with van der Waals surface area (Å²) in [5.41, 5.74) is -1.95. The molecule has 1 spiro atoms. The number of hydrogen-bond donors (Lipinski definition) is 1. The number of rotatable bonds is 5. The molecule has 42 heavy (non-hydrogen) atoms. The summed E-state index contributed by atoms with van der Waals surface area (Å²) < 4.78 is 82.0. The first-order valence-electron chi connectivity index (χ1n) is 13.5. The van der Waals surface area contributed by atoms with E-state index in [1.807, 2.05) is 38.2 Å². The van der Waals surface area contributed by atoms with E-state index in [4.69, 9.17) is 9.82 Å². The van der Waals surface area contributed by atoms with Gasteiger partial charge >= 0.3 is 18.2 Å². The van der Waals surface area contributed by atoms with Gasteiger partial charge in [0.05, 0.1) is 41.7 Å². The zero-order valence-corrected chi connectivity index (χ0v) is 23.9. The van der Waals surface area contributed by atoms with E-state index in [0.717, 1.165) is 30.0 Å². The number of nitrogens with zero attached hydrogens (tertiary/aromatic N) is 4. The average Bonchev–Trinajstić information content (AvgIpc) is 2.91. The van der Waals surface area contributed by atoms with Crippen LogP contribution in [0.3, 0.4) is 0 Å². The number of hydrogen-bond acceptors (Lipinski definition) is 5. The Balaban J connectivity index is 1.60. The van der Waals surface area contributed by atoms with E-state index in [1.54, 1.807) is 6.20 Å². The van der Waals surface area contributed by atoms with Crippen LogP contribution >= 0.6 is 0 Å². The lowest BCUT2D eigenvalue weighted by Gasteiger charge is -2.46. The van der Waals surface area contributed by atoms with E-state index in [2.05, 4.69) is 4.90 Å². The van der Waals surface area contributed by atoms with Crippen molar-refractivity contribution >= 4 is 11.5 Å². The van der Waals surface area contributed by atoms with E-state index in [-0.39, 0.29) is 16.3 Å². The lowest BCUT2D eigenvalue weighted by molar-refractivity contribution is -0.143. The molecule has 2 aliphatic heterocycles. The van der Waals surface area contributed by atoms with E-state index in [0.29, 0.717) is 42.2 Å². The van der Waals surface area contributed by atoms with Crippen LogP contribution in [-0.2, 0) is 17.8 Å². The molecule has 3 heterocycles. The van der Waals surface area contributed by atoms with Crippen molar-refractivity contribution in [3.8, 4) is 16.9 Å². The molecule has 1 aromatic heterocycles. The van der Waals surface area contributed by atoms with Crippen molar-refractivity contribution in [3.63, 3.8) is 0 Å². The first-order valence-corrected chi connectivity index (χ1v) is 13.5. The number of halogens is 6. The molecule has 0 radical (unpaired) electrons. The Kier molecular flexibility index (Phi) is 7.27. The molecule has 0 amide bonds. The van der Waals surface area contributed by atoms with Crippen LogP contribution in [0, 0.1) is 6.92 Å². The van der Waals surface area contributed by atoms with E-state index in [9.17, 15) is 31.4 Å². The van der Waals surface area contributed by atoms with Crippen LogP contribution in [0.1, 0.15) is 36.1 Å². The third-order valence-electron chi connectivity index (χ3n) is 8.47. The lowest BCUT2D eigenvalue weighted by Crippen LogP contribution is -2.66. The van der Waals surface area contributed by atoms with Gasteiger partial charge in [-0.15, -0.1) is 0 Å². The van der Waals surface area contributed by atoms with Crippen molar-refractivity contribution in [2.45, 2.75) is 44.8 Å².